The maximum absolute atomic E-state index is 12.5. The maximum atomic E-state index is 12.5. The summed E-state index contributed by atoms with van der Waals surface area (Å²) in [6.45, 7) is 5.03. The van der Waals surface area contributed by atoms with Gasteiger partial charge in [0.1, 0.15) is 5.76 Å². The Labute approximate surface area is 156 Å². The van der Waals surface area contributed by atoms with E-state index in [-0.39, 0.29) is 12.6 Å². The van der Waals surface area contributed by atoms with Gasteiger partial charge in [-0.1, -0.05) is 0 Å². The number of rotatable bonds is 5. The van der Waals surface area contributed by atoms with Crippen LogP contribution in [0.2, 0.25) is 0 Å². The number of carbonyl (C=O) groups excluding carboxylic acids is 3. The van der Waals surface area contributed by atoms with Crippen LogP contribution in [0.25, 0.3) is 0 Å². The summed E-state index contributed by atoms with van der Waals surface area (Å²) in [5.74, 6) is 1.48. The molecule has 4 amide bonds. The average Bonchev–Trinajstić information content (AvgIpc) is 3.19. The van der Waals surface area contributed by atoms with Crippen molar-refractivity contribution in [2.45, 2.75) is 13.0 Å². The van der Waals surface area contributed by atoms with E-state index >= 15 is 0 Å². The summed E-state index contributed by atoms with van der Waals surface area (Å²) in [7, 11) is 0. The van der Waals surface area contributed by atoms with Crippen molar-refractivity contribution in [1.29, 1.82) is 0 Å². The first-order valence-corrected chi connectivity index (χ1v) is 10.0. The Morgan fingerprint density at radius 2 is 2.00 bits per heavy atom. The van der Waals surface area contributed by atoms with Crippen molar-refractivity contribution in [2.75, 3.05) is 50.8 Å². The van der Waals surface area contributed by atoms with Crippen molar-refractivity contribution in [3.05, 3.63) is 24.2 Å². The van der Waals surface area contributed by atoms with E-state index in [2.05, 4.69) is 10.2 Å². The molecule has 0 saturated carbocycles. The number of piperazine rings is 1. The van der Waals surface area contributed by atoms with Gasteiger partial charge in [-0.15, -0.1) is 0 Å². The number of carbonyl (C=O) groups is 3. The third kappa shape index (κ3) is 4.04. The first-order valence-electron chi connectivity index (χ1n) is 8.85. The largest absolute Gasteiger partial charge is 0.468 e. The maximum Gasteiger partial charge on any atom is 0.324 e. The summed E-state index contributed by atoms with van der Waals surface area (Å²) < 4.78 is 5.55. The molecule has 2 aliphatic heterocycles. The molecule has 3 rings (SSSR count). The van der Waals surface area contributed by atoms with Crippen LogP contribution in [0, 0.1) is 0 Å². The molecule has 142 valence electrons. The highest BCUT2D eigenvalue weighted by molar-refractivity contribution is 7.99. The predicted molar refractivity (Wildman–Crippen MR) is 97.7 cm³/mol. The van der Waals surface area contributed by atoms with E-state index in [0.717, 1.165) is 35.3 Å². The normalized spacial score (nSPS) is 20.3. The Balaban J connectivity index is 1.62. The highest BCUT2D eigenvalue weighted by atomic mass is 32.2. The number of hydrogen-bond acceptors (Lipinski definition) is 6. The molecule has 1 atom stereocenters. The fraction of sp³-hybridized carbons (Fsp3) is 0.588. The van der Waals surface area contributed by atoms with Crippen molar-refractivity contribution >= 4 is 29.6 Å². The minimum Gasteiger partial charge on any atom is -0.468 e. The monoisotopic (exact) mass is 380 g/mol. The lowest BCUT2D eigenvalue weighted by atomic mass is 10.2. The number of furan rings is 1. The Morgan fingerprint density at radius 3 is 2.65 bits per heavy atom. The molecule has 1 aromatic rings. The van der Waals surface area contributed by atoms with Crippen LogP contribution in [0.3, 0.4) is 0 Å². The Bertz CT molecular complexity index is 645. The van der Waals surface area contributed by atoms with Crippen LogP contribution >= 0.6 is 11.8 Å². The minimum atomic E-state index is -0.764. The van der Waals surface area contributed by atoms with Gasteiger partial charge in [0.2, 0.25) is 0 Å². The molecule has 0 aromatic carbocycles. The van der Waals surface area contributed by atoms with Crippen molar-refractivity contribution in [3.63, 3.8) is 0 Å². The molecule has 0 unspecified atom stereocenters. The zero-order valence-corrected chi connectivity index (χ0v) is 15.7. The quantitative estimate of drug-likeness (QED) is 0.760. The second kappa shape index (κ2) is 8.59. The fourth-order valence-electron chi connectivity index (χ4n) is 3.23. The number of thioether (sulfide) groups is 1. The van der Waals surface area contributed by atoms with E-state index in [1.165, 1.54) is 4.90 Å². The number of likely N-dealkylation sites (N-methyl/N-ethyl adjacent to an activating group) is 1. The van der Waals surface area contributed by atoms with Gasteiger partial charge in [-0.2, -0.15) is 11.8 Å². The van der Waals surface area contributed by atoms with Crippen molar-refractivity contribution < 1.29 is 18.8 Å². The summed E-state index contributed by atoms with van der Waals surface area (Å²) in [6, 6.07) is 3.11. The van der Waals surface area contributed by atoms with Crippen molar-refractivity contribution in [2.24, 2.45) is 0 Å². The van der Waals surface area contributed by atoms with Gasteiger partial charge < -0.3 is 14.6 Å². The van der Waals surface area contributed by atoms with Crippen LogP contribution < -0.4 is 5.32 Å². The summed E-state index contributed by atoms with van der Waals surface area (Å²) in [5, 5.41) is 2.81. The lowest BCUT2D eigenvalue weighted by molar-refractivity contribution is -0.153. The van der Waals surface area contributed by atoms with Gasteiger partial charge in [-0.25, -0.2) is 4.79 Å². The fourth-order valence-corrected chi connectivity index (χ4v) is 4.16. The zero-order valence-electron chi connectivity index (χ0n) is 14.8. The third-order valence-corrected chi connectivity index (χ3v) is 5.68. The molecule has 8 nitrogen and oxygen atoms in total. The van der Waals surface area contributed by atoms with Crippen molar-refractivity contribution in [3.8, 4) is 0 Å². The molecule has 26 heavy (non-hydrogen) atoms. The standard InChI is InChI=1S/C17H24N4O4S/c1-2-19-5-6-21(16(23)15(19)22)17(24)18-12-13(14-4-3-9-25-14)20-7-10-26-11-8-20/h3-4,9,13H,2,5-8,10-12H2,1H3,(H,18,24)/t13-/m1/s1. The second-order valence-electron chi connectivity index (χ2n) is 6.21. The summed E-state index contributed by atoms with van der Waals surface area (Å²) in [6.07, 6.45) is 1.62. The molecule has 1 N–H and O–H groups in total. The number of urea groups is 1. The molecule has 0 spiro atoms. The molecule has 0 radical (unpaired) electrons. The highest BCUT2D eigenvalue weighted by Gasteiger charge is 2.36. The third-order valence-electron chi connectivity index (χ3n) is 4.74. The smallest absolute Gasteiger partial charge is 0.324 e. The topological polar surface area (TPSA) is 86.1 Å². The number of hydrogen-bond donors (Lipinski definition) is 1. The van der Waals surface area contributed by atoms with E-state index in [1.807, 2.05) is 30.8 Å². The van der Waals surface area contributed by atoms with Gasteiger partial charge in [0.05, 0.1) is 12.3 Å². The number of nitrogens with one attached hydrogen (secondary N) is 1. The molecule has 0 aliphatic carbocycles. The Morgan fingerprint density at radius 1 is 1.23 bits per heavy atom. The van der Waals surface area contributed by atoms with Gasteiger partial charge in [0.15, 0.2) is 0 Å². The van der Waals surface area contributed by atoms with Gasteiger partial charge in [0.25, 0.3) is 0 Å². The van der Waals surface area contributed by atoms with E-state index in [9.17, 15) is 14.4 Å². The molecule has 2 fully saturated rings. The van der Waals surface area contributed by atoms with Crippen LogP contribution in [0.1, 0.15) is 18.7 Å². The molecule has 2 saturated heterocycles. The van der Waals surface area contributed by atoms with E-state index in [1.54, 1.807) is 6.26 Å². The number of nitrogens with zero attached hydrogens (tertiary/aromatic N) is 3. The minimum absolute atomic E-state index is 0.0856. The Kier molecular flexibility index (Phi) is 6.20. The molecule has 9 heteroatoms. The average molecular weight is 380 g/mol. The predicted octanol–water partition coefficient (Wildman–Crippen LogP) is 0.770. The van der Waals surface area contributed by atoms with Crippen LogP contribution in [0.4, 0.5) is 4.79 Å². The van der Waals surface area contributed by atoms with Crippen LogP contribution in [0.5, 0.6) is 0 Å². The number of imide groups is 1. The SMILES string of the molecule is CCN1CCN(C(=O)NC[C@H](c2ccco2)N2CCSCC2)C(=O)C1=O. The molecular formula is C17H24N4O4S. The first kappa shape index (κ1) is 18.8. The Hall–Kier alpha value is -2.00. The lowest BCUT2D eigenvalue weighted by Gasteiger charge is -2.35. The van der Waals surface area contributed by atoms with Crippen molar-refractivity contribution in [1.82, 2.24) is 20.0 Å². The zero-order chi connectivity index (χ0) is 18.5. The first-order chi connectivity index (χ1) is 12.6. The van der Waals surface area contributed by atoms with Gasteiger partial charge in [-0.05, 0) is 19.1 Å². The van der Waals surface area contributed by atoms with Crippen LogP contribution in [-0.4, -0.2) is 83.3 Å². The van der Waals surface area contributed by atoms with Gasteiger partial charge >= 0.3 is 17.8 Å². The van der Waals surface area contributed by atoms with Gasteiger partial charge in [0, 0.05) is 50.8 Å². The molecule has 0 bridgehead atoms. The van der Waals surface area contributed by atoms with Crippen LogP contribution in [-0.2, 0) is 9.59 Å². The van der Waals surface area contributed by atoms with E-state index in [4.69, 9.17) is 4.42 Å². The van der Waals surface area contributed by atoms with Crippen LogP contribution in [0.15, 0.2) is 22.8 Å². The lowest BCUT2D eigenvalue weighted by Crippen LogP contribution is -2.58. The summed E-state index contributed by atoms with van der Waals surface area (Å²) >= 11 is 1.91. The molecular weight excluding hydrogens is 356 g/mol. The summed E-state index contributed by atoms with van der Waals surface area (Å²) in [4.78, 5) is 41.3. The molecule has 1 aromatic heterocycles. The molecule has 3 heterocycles. The molecule has 2 aliphatic rings. The highest BCUT2D eigenvalue weighted by Crippen LogP contribution is 2.24. The number of amides is 4. The second-order valence-corrected chi connectivity index (χ2v) is 7.43. The van der Waals surface area contributed by atoms with E-state index in [0.29, 0.717) is 19.6 Å². The van der Waals surface area contributed by atoms with E-state index < -0.39 is 17.8 Å². The summed E-state index contributed by atoms with van der Waals surface area (Å²) in [5.41, 5.74) is 0. The van der Waals surface area contributed by atoms with Gasteiger partial charge in [-0.3, -0.25) is 19.4 Å².